The van der Waals surface area contributed by atoms with E-state index >= 15 is 0 Å². The molecule has 1 aliphatic rings. The number of nitrogens with one attached hydrogen (secondary N) is 1. The summed E-state index contributed by atoms with van der Waals surface area (Å²) < 4.78 is 11.1. The molecule has 1 saturated carbocycles. The van der Waals surface area contributed by atoms with Crippen LogP contribution in [0.15, 0.2) is 24.3 Å². The van der Waals surface area contributed by atoms with Gasteiger partial charge in [0.25, 0.3) is 0 Å². The molecule has 5 nitrogen and oxygen atoms in total. The van der Waals surface area contributed by atoms with Crippen LogP contribution in [0.1, 0.15) is 19.8 Å². The fourth-order valence-corrected chi connectivity index (χ4v) is 2.10. The Morgan fingerprint density at radius 3 is 2.55 bits per heavy atom. The highest BCUT2D eigenvalue weighted by Gasteiger charge is 2.35. The van der Waals surface area contributed by atoms with Gasteiger partial charge in [0.15, 0.2) is 11.5 Å². The summed E-state index contributed by atoms with van der Waals surface area (Å²) in [6, 6.07) is 7.04. The molecular weight excluding hydrogens is 258 g/mol. The van der Waals surface area contributed by atoms with Gasteiger partial charge < -0.3 is 19.9 Å². The Bertz CT molecular complexity index is 445. The smallest absolute Gasteiger partial charge is 0.320 e. The Morgan fingerprint density at radius 2 is 2.00 bits per heavy atom. The third-order valence-corrected chi connectivity index (χ3v) is 3.23. The molecule has 1 unspecified atom stereocenters. The van der Waals surface area contributed by atoms with Gasteiger partial charge in [0.1, 0.15) is 12.6 Å². The van der Waals surface area contributed by atoms with Crippen LogP contribution in [0.4, 0.5) is 0 Å². The molecule has 1 atom stereocenters. The zero-order chi connectivity index (χ0) is 14.4. The molecule has 0 spiro atoms. The maximum Gasteiger partial charge on any atom is 0.320 e. The average Bonchev–Trinajstić information content (AvgIpc) is 3.25. The van der Waals surface area contributed by atoms with Crippen LogP contribution in [-0.4, -0.2) is 36.9 Å². The molecule has 0 amide bonds. The third-order valence-electron chi connectivity index (χ3n) is 3.23. The summed E-state index contributed by atoms with van der Waals surface area (Å²) in [4.78, 5) is 11.1. The van der Waals surface area contributed by atoms with Crippen LogP contribution in [0.25, 0.3) is 0 Å². The van der Waals surface area contributed by atoms with E-state index in [1.54, 1.807) is 0 Å². The molecule has 2 N–H and O–H groups in total. The normalized spacial score (nSPS) is 15.7. The fourth-order valence-electron chi connectivity index (χ4n) is 2.10. The van der Waals surface area contributed by atoms with Crippen molar-refractivity contribution < 1.29 is 19.4 Å². The minimum atomic E-state index is -0.776. The number of para-hydroxylation sites is 2. The first-order valence-corrected chi connectivity index (χ1v) is 7.03. The van der Waals surface area contributed by atoms with E-state index in [2.05, 4.69) is 5.32 Å². The molecule has 0 aliphatic heterocycles. The van der Waals surface area contributed by atoms with Crippen molar-refractivity contribution in [1.82, 2.24) is 5.32 Å². The Kier molecular flexibility index (Phi) is 5.24. The first-order chi connectivity index (χ1) is 9.72. The van der Waals surface area contributed by atoms with Gasteiger partial charge in [-0.1, -0.05) is 12.1 Å². The molecule has 20 heavy (non-hydrogen) atoms. The molecule has 1 aliphatic carbocycles. The van der Waals surface area contributed by atoms with Crippen molar-refractivity contribution >= 4 is 5.97 Å². The standard InChI is InChI=1S/C15H21NO4/c1-2-19-12-5-3-4-6-13(12)20-10-9-16-14(15(17)18)11-7-8-11/h3-6,11,14,16H,2,7-10H2,1H3,(H,17,18). The second-order valence-corrected chi connectivity index (χ2v) is 4.84. The van der Waals surface area contributed by atoms with Crippen molar-refractivity contribution in [3.63, 3.8) is 0 Å². The molecular formula is C15H21NO4. The van der Waals surface area contributed by atoms with Gasteiger partial charge in [0.2, 0.25) is 0 Å². The molecule has 5 heteroatoms. The third kappa shape index (κ3) is 4.13. The highest BCUT2D eigenvalue weighted by molar-refractivity contribution is 5.74. The van der Waals surface area contributed by atoms with Gasteiger partial charge in [-0.05, 0) is 37.8 Å². The number of carboxylic acid groups (broad SMARTS) is 1. The summed E-state index contributed by atoms with van der Waals surface area (Å²) in [5.74, 6) is 0.909. The van der Waals surface area contributed by atoms with E-state index in [0.29, 0.717) is 31.3 Å². The SMILES string of the molecule is CCOc1ccccc1OCCNC(C(=O)O)C1CC1. The molecule has 1 fully saturated rings. The second-order valence-electron chi connectivity index (χ2n) is 4.84. The maximum atomic E-state index is 11.1. The van der Waals surface area contributed by atoms with Crippen LogP contribution >= 0.6 is 0 Å². The van der Waals surface area contributed by atoms with Crippen molar-refractivity contribution in [3.05, 3.63) is 24.3 Å². The molecule has 0 bridgehead atoms. The van der Waals surface area contributed by atoms with Crippen LogP contribution in [0.5, 0.6) is 11.5 Å². The zero-order valence-corrected chi connectivity index (χ0v) is 11.7. The van der Waals surface area contributed by atoms with Gasteiger partial charge in [-0.2, -0.15) is 0 Å². The summed E-state index contributed by atoms with van der Waals surface area (Å²) in [5, 5.41) is 12.1. The minimum absolute atomic E-state index is 0.281. The molecule has 1 aromatic rings. The summed E-state index contributed by atoms with van der Waals surface area (Å²) in [6.07, 6.45) is 2.00. The van der Waals surface area contributed by atoms with Crippen LogP contribution in [0.2, 0.25) is 0 Å². The van der Waals surface area contributed by atoms with Crippen molar-refractivity contribution in [2.45, 2.75) is 25.8 Å². The van der Waals surface area contributed by atoms with Crippen LogP contribution in [-0.2, 0) is 4.79 Å². The number of carboxylic acids is 1. The van der Waals surface area contributed by atoms with Crippen LogP contribution in [0.3, 0.4) is 0 Å². The van der Waals surface area contributed by atoms with Crippen LogP contribution < -0.4 is 14.8 Å². The summed E-state index contributed by atoms with van der Waals surface area (Å²) in [5.41, 5.74) is 0. The lowest BCUT2D eigenvalue weighted by molar-refractivity contribution is -0.140. The summed E-state index contributed by atoms with van der Waals surface area (Å²) >= 11 is 0. The Morgan fingerprint density at radius 1 is 1.35 bits per heavy atom. The maximum absolute atomic E-state index is 11.1. The number of hydrogen-bond acceptors (Lipinski definition) is 4. The lowest BCUT2D eigenvalue weighted by Gasteiger charge is -2.15. The highest BCUT2D eigenvalue weighted by Crippen LogP contribution is 2.32. The predicted molar refractivity (Wildman–Crippen MR) is 75.3 cm³/mol. The molecule has 0 radical (unpaired) electrons. The minimum Gasteiger partial charge on any atom is -0.490 e. The summed E-state index contributed by atoms with van der Waals surface area (Å²) in [7, 11) is 0. The number of benzene rings is 1. The van der Waals surface area contributed by atoms with Crippen molar-refractivity contribution in [1.29, 1.82) is 0 Å². The van der Waals surface area contributed by atoms with Gasteiger partial charge in [-0.25, -0.2) is 0 Å². The molecule has 0 aromatic heterocycles. The first-order valence-electron chi connectivity index (χ1n) is 7.03. The highest BCUT2D eigenvalue weighted by atomic mass is 16.5. The van der Waals surface area contributed by atoms with E-state index in [1.165, 1.54) is 0 Å². The quantitative estimate of drug-likeness (QED) is 0.676. The van der Waals surface area contributed by atoms with E-state index in [-0.39, 0.29) is 5.92 Å². The largest absolute Gasteiger partial charge is 0.490 e. The number of carbonyl (C=O) groups is 1. The monoisotopic (exact) mass is 279 g/mol. The van der Waals surface area contributed by atoms with Crippen molar-refractivity contribution in [3.8, 4) is 11.5 Å². The Balaban J connectivity index is 1.76. The van der Waals surface area contributed by atoms with E-state index in [0.717, 1.165) is 12.8 Å². The first kappa shape index (κ1) is 14.7. The van der Waals surface area contributed by atoms with E-state index < -0.39 is 12.0 Å². The predicted octanol–water partition coefficient (Wildman–Crippen LogP) is 1.92. The van der Waals surface area contributed by atoms with Gasteiger partial charge in [-0.3, -0.25) is 4.79 Å². The second kappa shape index (κ2) is 7.14. The van der Waals surface area contributed by atoms with E-state index in [1.807, 2.05) is 31.2 Å². The van der Waals surface area contributed by atoms with Crippen molar-refractivity contribution in [2.75, 3.05) is 19.8 Å². The van der Waals surface area contributed by atoms with E-state index in [4.69, 9.17) is 14.6 Å². The van der Waals surface area contributed by atoms with Crippen molar-refractivity contribution in [2.24, 2.45) is 5.92 Å². The zero-order valence-electron chi connectivity index (χ0n) is 11.7. The Labute approximate surface area is 118 Å². The van der Waals surface area contributed by atoms with Gasteiger partial charge >= 0.3 is 5.97 Å². The summed E-state index contributed by atoms with van der Waals surface area (Å²) in [6.45, 7) is 3.43. The lowest BCUT2D eigenvalue weighted by Crippen LogP contribution is -2.40. The molecule has 0 saturated heterocycles. The molecule has 1 aromatic carbocycles. The van der Waals surface area contributed by atoms with E-state index in [9.17, 15) is 4.79 Å². The lowest BCUT2D eigenvalue weighted by atomic mass is 10.2. The molecule has 0 heterocycles. The Hall–Kier alpha value is -1.75. The number of aliphatic carboxylic acids is 1. The average molecular weight is 279 g/mol. The number of ether oxygens (including phenoxy) is 2. The van der Waals surface area contributed by atoms with Gasteiger partial charge in [-0.15, -0.1) is 0 Å². The number of rotatable bonds is 9. The molecule has 2 rings (SSSR count). The van der Waals surface area contributed by atoms with Gasteiger partial charge in [0.05, 0.1) is 6.61 Å². The molecule has 110 valence electrons. The van der Waals surface area contributed by atoms with Crippen LogP contribution in [0, 0.1) is 5.92 Å². The topological polar surface area (TPSA) is 67.8 Å². The number of hydrogen-bond donors (Lipinski definition) is 2. The fraction of sp³-hybridized carbons (Fsp3) is 0.533. The van der Waals surface area contributed by atoms with Gasteiger partial charge in [0, 0.05) is 6.54 Å².